The SMILES string of the molecule is C=CCN(Cc1ccccc1)C(=O)[C@@H]1[C@H]2C(=O)N(CCCO)C(C(=O)N(CC=C)C(C)(C)CC(C)(C)C)C23CC[C@@]1(CC)O3. The van der Waals surface area contributed by atoms with Crippen LogP contribution in [0.15, 0.2) is 55.6 Å². The van der Waals surface area contributed by atoms with Crippen molar-refractivity contribution in [2.75, 3.05) is 26.2 Å². The van der Waals surface area contributed by atoms with Crippen molar-refractivity contribution in [1.82, 2.24) is 14.7 Å². The molecular weight excluding hydrogens is 554 g/mol. The average Bonchev–Trinajstić information content (AvgIpc) is 3.56. The van der Waals surface area contributed by atoms with Crippen LogP contribution in [0.2, 0.25) is 0 Å². The molecular formula is C36H53N3O5. The second-order valence-corrected chi connectivity index (χ2v) is 14.7. The largest absolute Gasteiger partial charge is 0.396 e. The molecule has 242 valence electrons. The summed E-state index contributed by atoms with van der Waals surface area (Å²) in [6, 6.07) is 8.91. The number of amides is 3. The van der Waals surface area contributed by atoms with E-state index in [0.29, 0.717) is 45.3 Å². The summed E-state index contributed by atoms with van der Waals surface area (Å²) >= 11 is 0. The number of hydrogen-bond acceptors (Lipinski definition) is 5. The molecule has 0 saturated carbocycles. The van der Waals surface area contributed by atoms with Crippen molar-refractivity contribution in [3.8, 4) is 0 Å². The number of aliphatic hydroxyl groups is 1. The lowest BCUT2D eigenvalue weighted by Gasteiger charge is -2.45. The van der Waals surface area contributed by atoms with Gasteiger partial charge in [0.05, 0.1) is 17.4 Å². The van der Waals surface area contributed by atoms with Gasteiger partial charge in [0.15, 0.2) is 0 Å². The van der Waals surface area contributed by atoms with Gasteiger partial charge in [0.1, 0.15) is 11.6 Å². The maximum absolute atomic E-state index is 14.9. The van der Waals surface area contributed by atoms with Crippen LogP contribution in [0, 0.1) is 17.3 Å². The molecule has 3 saturated heterocycles. The molecule has 1 spiro atoms. The first-order valence-electron chi connectivity index (χ1n) is 16.2. The molecule has 0 aromatic heterocycles. The van der Waals surface area contributed by atoms with Crippen LogP contribution in [0.4, 0.5) is 0 Å². The number of benzene rings is 1. The number of hydrogen-bond donors (Lipinski definition) is 1. The van der Waals surface area contributed by atoms with Gasteiger partial charge in [-0.25, -0.2) is 0 Å². The van der Waals surface area contributed by atoms with Crippen LogP contribution in [-0.2, 0) is 25.7 Å². The minimum absolute atomic E-state index is 0.0500. The third-order valence-electron chi connectivity index (χ3n) is 9.89. The van der Waals surface area contributed by atoms with Crippen molar-refractivity contribution in [3.63, 3.8) is 0 Å². The Morgan fingerprint density at radius 1 is 1.07 bits per heavy atom. The van der Waals surface area contributed by atoms with E-state index in [1.54, 1.807) is 22.0 Å². The van der Waals surface area contributed by atoms with E-state index in [9.17, 15) is 19.5 Å². The smallest absolute Gasteiger partial charge is 0.249 e. The minimum atomic E-state index is -1.12. The van der Waals surface area contributed by atoms with Gasteiger partial charge in [-0.2, -0.15) is 0 Å². The highest BCUT2D eigenvalue weighted by Crippen LogP contribution is 2.65. The van der Waals surface area contributed by atoms with Crippen LogP contribution >= 0.6 is 0 Å². The maximum Gasteiger partial charge on any atom is 0.249 e. The molecule has 3 heterocycles. The van der Waals surface area contributed by atoms with Gasteiger partial charge in [0.2, 0.25) is 17.7 Å². The molecule has 2 bridgehead atoms. The number of carbonyl (C=O) groups is 3. The fraction of sp³-hybridized carbons (Fsp3) is 0.639. The third kappa shape index (κ3) is 6.00. The Kier molecular flexibility index (Phi) is 9.86. The molecule has 8 nitrogen and oxygen atoms in total. The lowest BCUT2D eigenvalue weighted by atomic mass is 9.64. The quantitative estimate of drug-likeness (QED) is 0.302. The first-order valence-corrected chi connectivity index (χ1v) is 16.2. The molecule has 0 aliphatic carbocycles. The van der Waals surface area contributed by atoms with Crippen LogP contribution < -0.4 is 0 Å². The zero-order valence-electron chi connectivity index (χ0n) is 27.7. The molecule has 3 amide bonds. The predicted octanol–water partition coefficient (Wildman–Crippen LogP) is 4.97. The van der Waals surface area contributed by atoms with Crippen molar-refractivity contribution in [1.29, 1.82) is 0 Å². The van der Waals surface area contributed by atoms with Crippen molar-refractivity contribution < 1.29 is 24.2 Å². The molecule has 4 rings (SSSR count). The maximum atomic E-state index is 14.9. The van der Waals surface area contributed by atoms with E-state index >= 15 is 0 Å². The van der Waals surface area contributed by atoms with Crippen LogP contribution in [0.1, 0.15) is 79.2 Å². The number of nitrogens with zero attached hydrogens (tertiary/aromatic N) is 3. The molecule has 1 aromatic rings. The van der Waals surface area contributed by atoms with Gasteiger partial charge in [0.25, 0.3) is 0 Å². The van der Waals surface area contributed by atoms with E-state index in [0.717, 1.165) is 12.0 Å². The van der Waals surface area contributed by atoms with Gasteiger partial charge >= 0.3 is 0 Å². The number of carbonyl (C=O) groups excluding carboxylic acids is 3. The van der Waals surface area contributed by atoms with Crippen molar-refractivity contribution >= 4 is 17.7 Å². The normalized spacial score (nSPS) is 27.8. The summed E-state index contributed by atoms with van der Waals surface area (Å²) in [6.07, 6.45) is 6.20. The molecule has 1 aromatic carbocycles. The molecule has 2 unspecified atom stereocenters. The Labute approximate surface area is 264 Å². The first-order chi connectivity index (χ1) is 20.7. The Morgan fingerprint density at radius 2 is 1.73 bits per heavy atom. The molecule has 0 radical (unpaired) electrons. The van der Waals surface area contributed by atoms with E-state index in [4.69, 9.17) is 4.74 Å². The van der Waals surface area contributed by atoms with Crippen LogP contribution in [-0.4, -0.2) is 86.6 Å². The van der Waals surface area contributed by atoms with Crippen LogP contribution in [0.5, 0.6) is 0 Å². The summed E-state index contributed by atoms with van der Waals surface area (Å²) in [5.74, 6) is -2.05. The van der Waals surface area contributed by atoms with Gasteiger partial charge < -0.3 is 24.5 Å². The Balaban J connectivity index is 1.80. The van der Waals surface area contributed by atoms with E-state index in [2.05, 4.69) is 47.8 Å². The predicted molar refractivity (Wildman–Crippen MR) is 172 cm³/mol. The lowest BCUT2D eigenvalue weighted by Crippen LogP contribution is -2.61. The first kappa shape index (κ1) is 33.9. The standard InChI is InChI=1S/C36H53N3O5/c1-9-20-37(24-26-16-13-12-14-17-26)30(41)27-28-31(42)38(22-15-23-40)29(36(28)19-18-35(27,11-3)44-36)32(43)39(21-10-2)34(7,8)25-33(4,5)6/h9-10,12-14,16-17,27-29,40H,1-2,11,15,18-25H2,3-8H3/t27-,28-,29?,35+,36?/m0/s1. The Hall–Kier alpha value is -2.97. The average molecular weight is 608 g/mol. The zero-order chi connectivity index (χ0) is 32.5. The lowest BCUT2D eigenvalue weighted by molar-refractivity contribution is -0.158. The fourth-order valence-corrected chi connectivity index (χ4v) is 8.55. The molecule has 3 aliphatic rings. The summed E-state index contributed by atoms with van der Waals surface area (Å²) in [6.45, 7) is 21.6. The fourth-order valence-electron chi connectivity index (χ4n) is 8.55. The molecule has 3 aliphatic heterocycles. The van der Waals surface area contributed by atoms with Gasteiger partial charge in [0, 0.05) is 38.3 Å². The van der Waals surface area contributed by atoms with E-state index in [-0.39, 0.29) is 36.3 Å². The highest BCUT2D eigenvalue weighted by atomic mass is 16.5. The van der Waals surface area contributed by atoms with E-state index in [1.165, 1.54) is 0 Å². The third-order valence-corrected chi connectivity index (χ3v) is 9.89. The van der Waals surface area contributed by atoms with Gasteiger partial charge in [-0.1, -0.05) is 70.2 Å². The van der Waals surface area contributed by atoms with E-state index in [1.807, 2.05) is 42.2 Å². The number of likely N-dealkylation sites (tertiary alicyclic amines) is 1. The zero-order valence-corrected chi connectivity index (χ0v) is 27.7. The second kappa shape index (κ2) is 12.8. The van der Waals surface area contributed by atoms with Gasteiger partial charge in [-0.3, -0.25) is 14.4 Å². The molecule has 8 heteroatoms. The highest BCUT2D eigenvalue weighted by molar-refractivity contribution is 5.99. The van der Waals surface area contributed by atoms with Crippen molar-refractivity contribution in [2.24, 2.45) is 17.3 Å². The van der Waals surface area contributed by atoms with Crippen molar-refractivity contribution in [2.45, 2.75) is 103 Å². The van der Waals surface area contributed by atoms with E-state index < -0.39 is 34.6 Å². The topological polar surface area (TPSA) is 90.4 Å². The Morgan fingerprint density at radius 3 is 2.30 bits per heavy atom. The summed E-state index contributed by atoms with van der Waals surface area (Å²) in [5, 5.41) is 9.76. The van der Waals surface area contributed by atoms with Crippen LogP contribution in [0.25, 0.3) is 0 Å². The number of fused-ring (bicyclic) bond motifs is 1. The van der Waals surface area contributed by atoms with Crippen molar-refractivity contribution in [3.05, 3.63) is 61.2 Å². The van der Waals surface area contributed by atoms with Crippen LogP contribution in [0.3, 0.4) is 0 Å². The van der Waals surface area contributed by atoms with Gasteiger partial charge in [-0.05, 0) is 56.9 Å². The second-order valence-electron chi connectivity index (χ2n) is 14.7. The summed E-state index contributed by atoms with van der Waals surface area (Å²) in [4.78, 5) is 49.3. The monoisotopic (exact) mass is 607 g/mol. The van der Waals surface area contributed by atoms with Gasteiger partial charge in [-0.15, -0.1) is 13.2 Å². The molecule has 44 heavy (non-hydrogen) atoms. The minimum Gasteiger partial charge on any atom is -0.396 e. The molecule has 1 N–H and O–H groups in total. The number of rotatable bonds is 14. The summed E-state index contributed by atoms with van der Waals surface area (Å²) in [5.41, 5.74) is -1.55. The molecule has 5 atom stereocenters. The number of ether oxygens (including phenoxy) is 1. The summed E-state index contributed by atoms with van der Waals surface area (Å²) in [7, 11) is 0. The number of aliphatic hydroxyl groups excluding tert-OH is 1. The highest BCUT2D eigenvalue weighted by Gasteiger charge is 2.79. The molecule has 3 fully saturated rings. The Bertz CT molecular complexity index is 1240. The summed E-state index contributed by atoms with van der Waals surface area (Å²) < 4.78 is 7.02.